The highest BCUT2D eigenvalue weighted by molar-refractivity contribution is 5.94. The average molecular weight is 773 g/mol. The topological polar surface area (TPSA) is 171 Å². The lowest BCUT2D eigenvalue weighted by Gasteiger charge is -2.28. The number of alkyl carbamates (subject to hydrolysis) is 1. The summed E-state index contributed by atoms with van der Waals surface area (Å²) in [7, 11) is 0. The number of nitrogens with one attached hydrogen (secondary N) is 4. The highest BCUT2D eigenvalue weighted by Crippen LogP contribution is 2.26. The summed E-state index contributed by atoms with van der Waals surface area (Å²) in [6.07, 6.45) is 2.84. The molecule has 302 valence electrons. The molecule has 56 heavy (non-hydrogen) atoms. The number of nitrogens with zero attached hydrogens (tertiary/aromatic N) is 2. The van der Waals surface area contributed by atoms with E-state index in [-0.39, 0.29) is 18.7 Å². The van der Waals surface area contributed by atoms with Gasteiger partial charge in [-0.25, -0.2) is 14.4 Å². The number of carbonyl (C=O) groups is 5. The number of amides is 3. The zero-order valence-corrected chi connectivity index (χ0v) is 33.9. The number of carbonyl (C=O) groups excluding carboxylic acids is 5. The standard InChI is InChI=1S/C42H56N6O8/c1-40(2,3)54-37(51)44-31(22-26-24-47(38(52)55-41(4,5)6)32-19-12-10-16-28(26)32)36(50)46-34(45-35(49)30-18-14-15-21-43-30)23-27-25-48(39(53)56-42(7,8)9)33-20-13-11-17-29(27)33/h10-13,16-17,19-20,24-25,30-31,34,43H,14-15,18,21-23H2,1-9H3,(H,44,51)(H,45,49)(H,46,50)/t30?,31-,34+/m1/s1. The van der Waals surface area contributed by atoms with Gasteiger partial charge in [0, 0.05) is 36.0 Å². The number of rotatable bonds is 9. The first-order valence-corrected chi connectivity index (χ1v) is 19.2. The molecule has 5 rings (SSSR count). The Morgan fingerprint density at radius 3 is 1.66 bits per heavy atom. The van der Waals surface area contributed by atoms with Gasteiger partial charge in [0.2, 0.25) is 11.8 Å². The van der Waals surface area contributed by atoms with Crippen molar-refractivity contribution in [3.63, 3.8) is 0 Å². The van der Waals surface area contributed by atoms with Crippen molar-refractivity contribution in [2.75, 3.05) is 6.54 Å². The van der Waals surface area contributed by atoms with Crippen LogP contribution in [0.15, 0.2) is 60.9 Å². The summed E-state index contributed by atoms with van der Waals surface area (Å²) in [5.74, 6) is -0.897. The summed E-state index contributed by atoms with van der Waals surface area (Å²) in [6, 6.07) is 12.9. The fraction of sp³-hybridized carbons (Fsp3) is 0.500. The lowest BCUT2D eigenvalue weighted by molar-refractivity contribution is -0.127. The van der Waals surface area contributed by atoms with Gasteiger partial charge in [-0.15, -0.1) is 0 Å². The van der Waals surface area contributed by atoms with Gasteiger partial charge in [-0.3, -0.25) is 18.7 Å². The SMILES string of the molecule is CC(C)(C)OC(=O)N[C@H](Cc1cn(C(=O)OC(C)(C)C)c2ccccc12)C(=O)N[C@@H](Cc1cn(C(=O)OC(C)(C)C)c2ccccc12)NC(=O)C1CCCCN1. The van der Waals surface area contributed by atoms with Crippen molar-refractivity contribution in [3.8, 4) is 0 Å². The number of para-hydroxylation sites is 2. The molecular weight excluding hydrogens is 716 g/mol. The van der Waals surface area contributed by atoms with E-state index in [1.54, 1.807) is 92.9 Å². The number of fused-ring (bicyclic) bond motifs is 2. The first-order chi connectivity index (χ1) is 26.2. The molecule has 3 atom stereocenters. The molecule has 14 nitrogen and oxygen atoms in total. The van der Waals surface area contributed by atoms with Gasteiger partial charge in [-0.2, -0.15) is 0 Å². The minimum atomic E-state index is -1.21. The van der Waals surface area contributed by atoms with Crippen LogP contribution >= 0.6 is 0 Å². The first-order valence-electron chi connectivity index (χ1n) is 19.2. The monoisotopic (exact) mass is 772 g/mol. The minimum Gasteiger partial charge on any atom is -0.444 e. The second kappa shape index (κ2) is 16.8. The van der Waals surface area contributed by atoms with E-state index in [1.165, 1.54) is 9.13 Å². The molecule has 14 heteroatoms. The average Bonchev–Trinajstić information content (AvgIpc) is 3.65. The van der Waals surface area contributed by atoms with Crippen LogP contribution in [-0.2, 0) is 36.6 Å². The Morgan fingerprint density at radius 1 is 0.679 bits per heavy atom. The Kier molecular flexibility index (Phi) is 12.5. The van der Waals surface area contributed by atoms with E-state index in [2.05, 4.69) is 21.3 Å². The van der Waals surface area contributed by atoms with E-state index in [9.17, 15) is 24.0 Å². The van der Waals surface area contributed by atoms with Crippen molar-refractivity contribution in [2.45, 2.75) is 129 Å². The Hall–Kier alpha value is -5.37. The molecule has 3 heterocycles. The van der Waals surface area contributed by atoms with Gasteiger partial charge in [-0.05, 0) is 105 Å². The highest BCUT2D eigenvalue weighted by Gasteiger charge is 2.31. The Morgan fingerprint density at radius 2 is 1.18 bits per heavy atom. The number of hydrogen-bond acceptors (Lipinski definition) is 9. The number of ether oxygens (including phenoxy) is 3. The van der Waals surface area contributed by atoms with Gasteiger partial charge in [-0.1, -0.05) is 42.8 Å². The molecule has 0 saturated carbocycles. The van der Waals surface area contributed by atoms with Crippen LogP contribution in [0, 0.1) is 0 Å². The molecule has 1 aliphatic rings. The van der Waals surface area contributed by atoms with Crippen molar-refractivity contribution < 1.29 is 38.2 Å². The lowest BCUT2D eigenvalue weighted by atomic mass is 10.0. The predicted octanol–water partition coefficient (Wildman–Crippen LogP) is 6.54. The van der Waals surface area contributed by atoms with Crippen LogP contribution in [0.1, 0.15) is 92.7 Å². The van der Waals surface area contributed by atoms with Crippen molar-refractivity contribution in [2.24, 2.45) is 0 Å². The molecule has 0 spiro atoms. The van der Waals surface area contributed by atoms with E-state index in [4.69, 9.17) is 14.2 Å². The van der Waals surface area contributed by atoms with E-state index in [0.29, 0.717) is 40.5 Å². The molecular formula is C42H56N6O8. The van der Waals surface area contributed by atoms with Crippen molar-refractivity contribution >= 4 is 51.9 Å². The summed E-state index contributed by atoms with van der Waals surface area (Å²) in [5, 5.41) is 13.4. The molecule has 4 aromatic rings. The Labute approximate surface area is 328 Å². The molecule has 0 radical (unpaired) electrons. The van der Waals surface area contributed by atoms with Gasteiger partial charge >= 0.3 is 18.3 Å². The maximum Gasteiger partial charge on any atom is 0.419 e. The smallest absolute Gasteiger partial charge is 0.419 e. The summed E-state index contributed by atoms with van der Waals surface area (Å²) < 4.78 is 19.7. The fourth-order valence-electron chi connectivity index (χ4n) is 6.61. The zero-order valence-electron chi connectivity index (χ0n) is 33.9. The maximum atomic E-state index is 14.5. The van der Waals surface area contributed by atoms with Crippen LogP contribution in [0.4, 0.5) is 14.4 Å². The highest BCUT2D eigenvalue weighted by atomic mass is 16.6. The maximum absolute atomic E-state index is 14.5. The zero-order chi connectivity index (χ0) is 41.0. The van der Waals surface area contributed by atoms with Crippen LogP contribution in [-0.4, -0.2) is 80.8 Å². The van der Waals surface area contributed by atoms with E-state index in [1.807, 2.05) is 30.3 Å². The van der Waals surface area contributed by atoms with Crippen molar-refractivity contribution in [3.05, 3.63) is 72.1 Å². The third-order valence-corrected chi connectivity index (χ3v) is 8.88. The quantitative estimate of drug-likeness (QED) is 0.109. The van der Waals surface area contributed by atoms with Crippen LogP contribution in [0.5, 0.6) is 0 Å². The van der Waals surface area contributed by atoms with Gasteiger partial charge in [0.25, 0.3) is 0 Å². The number of benzene rings is 2. The minimum absolute atomic E-state index is 0.0375. The second-order valence-electron chi connectivity index (χ2n) is 17.2. The number of piperidine rings is 1. The van der Waals surface area contributed by atoms with Crippen LogP contribution in [0.3, 0.4) is 0 Å². The fourth-order valence-corrected chi connectivity index (χ4v) is 6.61. The van der Waals surface area contributed by atoms with Crippen LogP contribution in [0.25, 0.3) is 21.8 Å². The molecule has 0 bridgehead atoms. The van der Waals surface area contributed by atoms with Crippen molar-refractivity contribution in [1.29, 1.82) is 0 Å². The molecule has 4 N–H and O–H groups in total. The van der Waals surface area contributed by atoms with Crippen molar-refractivity contribution in [1.82, 2.24) is 30.4 Å². The molecule has 1 fully saturated rings. The van der Waals surface area contributed by atoms with Crippen LogP contribution in [0.2, 0.25) is 0 Å². The lowest BCUT2D eigenvalue weighted by Crippen LogP contribution is -2.59. The van der Waals surface area contributed by atoms with Gasteiger partial charge in [0.1, 0.15) is 29.0 Å². The molecule has 2 aromatic carbocycles. The first kappa shape index (κ1) is 41.8. The predicted molar refractivity (Wildman–Crippen MR) is 213 cm³/mol. The summed E-state index contributed by atoms with van der Waals surface area (Å²) in [5.41, 5.74) is 0.0855. The van der Waals surface area contributed by atoms with Gasteiger partial charge in [0.15, 0.2) is 0 Å². The Bertz CT molecular complexity index is 2070. The molecule has 3 amide bonds. The number of hydrogen-bond donors (Lipinski definition) is 4. The van der Waals surface area contributed by atoms with Crippen LogP contribution < -0.4 is 21.3 Å². The third kappa shape index (κ3) is 11.1. The van der Waals surface area contributed by atoms with Gasteiger partial charge < -0.3 is 35.5 Å². The molecule has 1 aliphatic heterocycles. The van der Waals surface area contributed by atoms with E-state index < -0.39 is 59.2 Å². The Balaban J connectivity index is 1.50. The molecule has 1 saturated heterocycles. The van der Waals surface area contributed by atoms with Gasteiger partial charge in [0.05, 0.1) is 17.1 Å². The van der Waals surface area contributed by atoms with E-state index in [0.717, 1.165) is 18.2 Å². The molecule has 2 aromatic heterocycles. The normalized spacial score (nSPS) is 16.1. The summed E-state index contributed by atoms with van der Waals surface area (Å²) >= 11 is 0. The summed E-state index contributed by atoms with van der Waals surface area (Å²) in [6.45, 7) is 16.5. The third-order valence-electron chi connectivity index (χ3n) is 8.88. The number of aromatic nitrogens is 2. The summed E-state index contributed by atoms with van der Waals surface area (Å²) in [4.78, 5) is 68.0. The largest absolute Gasteiger partial charge is 0.444 e. The molecule has 1 unspecified atom stereocenters. The van der Waals surface area contributed by atoms with E-state index >= 15 is 0 Å². The second-order valence-corrected chi connectivity index (χ2v) is 17.2. The molecule has 0 aliphatic carbocycles.